The van der Waals surface area contributed by atoms with Crippen molar-refractivity contribution in [3.63, 3.8) is 0 Å². The Morgan fingerprint density at radius 2 is 2.29 bits per heavy atom. The van der Waals surface area contributed by atoms with Crippen molar-refractivity contribution >= 4 is 0 Å². The average molecular weight is 234 g/mol. The van der Waals surface area contributed by atoms with E-state index in [2.05, 4.69) is 19.2 Å². The molecule has 17 heavy (non-hydrogen) atoms. The monoisotopic (exact) mass is 234 g/mol. The number of pyridine rings is 1. The Morgan fingerprint density at radius 1 is 1.47 bits per heavy atom. The minimum Gasteiger partial charge on any atom is -0.314 e. The molecule has 0 amide bonds. The minimum absolute atomic E-state index is 0.0833. The van der Waals surface area contributed by atoms with E-state index < -0.39 is 0 Å². The third-order valence-corrected chi connectivity index (χ3v) is 3.90. The van der Waals surface area contributed by atoms with E-state index in [1.807, 2.05) is 12.3 Å². The van der Waals surface area contributed by atoms with Crippen molar-refractivity contribution in [3.05, 3.63) is 34.7 Å². The van der Waals surface area contributed by atoms with E-state index in [1.54, 1.807) is 16.7 Å². The summed E-state index contributed by atoms with van der Waals surface area (Å²) >= 11 is 0. The summed E-state index contributed by atoms with van der Waals surface area (Å²) in [5.41, 5.74) is 0.488. The number of rotatable bonds is 4. The lowest BCUT2D eigenvalue weighted by Gasteiger charge is -2.28. The normalized spacial score (nSPS) is 22.8. The van der Waals surface area contributed by atoms with Crippen LogP contribution >= 0.6 is 0 Å². The summed E-state index contributed by atoms with van der Waals surface area (Å²) in [6.07, 6.45) is 5.73. The molecule has 1 unspecified atom stereocenters. The number of nitrogens with one attached hydrogen (secondary N) is 1. The summed E-state index contributed by atoms with van der Waals surface area (Å²) in [5, 5.41) is 3.59. The van der Waals surface area contributed by atoms with Gasteiger partial charge in [0, 0.05) is 31.4 Å². The second-order valence-electron chi connectivity index (χ2n) is 5.62. The van der Waals surface area contributed by atoms with Gasteiger partial charge in [0.15, 0.2) is 0 Å². The Bertz CT molecular complexity index is 422. The van der Waals surface area contributed by atoms with Crippen molar-refractivity contribution in [2.75, 3.05) is 6.54 Å². The molecule has 3 heteroatoms. The zero-order valence-electron chi connectivity index (χ0n) is 10.8. The van der Waals surface area contributed by atoms with Gasteiger partial charge in [-0.2, -0.15) is 0 Å². The Morgan fingerprint density at radius 3 is 2.94 bits per heavy atom. The molecule has 0 radical (unpaired) electrons. The number of hydrogen-bond donors (Lipinski definition) is 1. The van der Waals surface area contributed by atoms with E-state index in [4.69, 9.17) is 0 Å². The molecule has 0 spiro atoms. The van der Waals surface area contributed by atoms with Crippen molar-refractivity contribution in [3.8, 4) is 0 Å². The van der Waals surface area contributed by atoms with Crippen LogP contribution in [0.2, 0.25) is 0 Å². The van der Waals surface area contributed by atoms with Crippen molar-refractivity contribution in [2.24, 2.45) is 5.41 Å². The molecule has 0 aliphatic heterocycles. The zero-order valence-corrected chi connectivity index (χ0v) is 10.8. The van der Waals surface area contributed by atoms with E-state index in [-0.39, 0.29) is 5.56 Å². The summed E-state index contributed by atoms with van der Waals surface area (Å²) in [5.74, 6) is 0. The molecule has 94 valence electrons. The third-order valence-electron chi connectivity index (χ3n) is 3.90. The lowest BCUT2D eigenvalue weighted by Crippen LogP contribution is -2.40. The maximum absolute atomic E-state index is 11.5. The summed E-state index contributed by atoms with van der Waals surface area (Å²) in [6.45, 7) is 6.28. The van der Waals surface area contributed by atoms with Crippen LogP contribution in [0.5, 0.6) is 0 Å². The Kier molecular flexibility index (Phi) is 3.67. The second kappa shape index (κ2) is 5.05. The van der Waals surface area contributed by atoms with Crippen LogP contribution in [0.15, 0.2) is 29.2 Å². The molecule has 1 fully saturated rings. The van der Waals surface area contributed by atoms with Gasteiger partial charge in [-0.05, 0) is 24.3 Å². The first-order chi connectivity index (χ1) is 8.09. The molecular weight excluding hydrogens is 212 g/mol. The van der Waals surface area contributed by atoms with Crippen LogP contribution < -0.4 is 10.9 Å². The van der Waals surface area contributed by atoms with Crippen LogP contribution in [0.25, 0.3) is 0 Å². The topological polar surface area (TPSA) is 34.0 Å². The van der Waals surface area contributed by atoms with Crippen LogP contribution in [0, 0.1) is 5.41 Å². The molecule has 1 atom stereocenters. The molecule has 1 aliphatic rings. The lowest BCUT2D eigenvalue weighted by molar-refractivity contribution is 0.281. The maximum Gasteiger partial charge on any atom is 0.250 e. The highest BCUT2D eigenvalue weighted by molar-refractivity contribution is 4.94. The summed E-state index contributed by atoms with van der Waals surface area (Å²) in [6, 6.07) is 5.90. The predicted molar refractivity (Wildman–Crippen MR) is 70.1 cm³/mol. The van der Waals surface area contributed by atoms with Gasteiger partial charge in [-0.1, -0.05) is 26.3 Å². The van der Waals surface area contributed by atoms with E-state index >= 15 is 0 Å². The fraction of sp³-hybridized carbons (Fsp3) is 0.643. The number of hydrogen-bond acceptors (Lipinski definition) is 2. The van der Waals surface area contributed by atoms with Crippen LogP contribution in [0.4, 0.5) is 0 Å². The fourth-order valence-electron chi connectivity index (χ4n) is 2.71. The molecule has 1 N–H and O–H groups in total. The Hall–Kier alpha value is -1.09. The molecule has 1 aliphatic carbocycles. The first kappa shape index (κ1) is 12.4. The second-order valence-corrected chi connectivity index (χ2v) is 5.62. The van der Waals surface area contributed by atoms with Gasteiger partial charge in [0.2, 0.25) is 0 Å². The highest BCUT2D eigenvalue weighted by Crippen LogP contribution is 2.36. The molecule has 1 saturated carbocycles. The molecule has 3 nitrogen and oxygen atoms in total. The van der Waals surface area contributed by atoms with Gasteiger partial charge in [-0.15, -0.1) is 0 Å². The highest BCUT2D eigenvalue weighted by Gasteiger charge is 2.33. The maximum atomic E-state index is 11.5. The quantitative estimate of drug-likeness (QED) is 0.864. The molecule has 1 aromatic heterocycles. The third kappa shape index (κ3) is 2.97. The Labute approximate surface area is 103 Å². The van der Waals surface area contributed by atoms with E-state index in [9.17, 15) is 4.79 Å². The zero-order chi connectivity index (χ0) is 12.3. The van der Waals surface area contributed by atoms with E-state index in [0.717, 1.165) is 13.1 Å². The van der Waals surface area contributed by atoms with Crippen molar-refractivity contribution in [1.29, 1.82) is 0 Å². The van der Waals surface area contributed by atoms with Crippen LogP contribution in [-0.4, -0.2) is 17.2 Å². The number of aromatic nitrogens is 1. The van der Waals surface area contributed by atoms with Gasteiger partial charge in [0.1, 0.15) is 0 Å². The summed E-state index contributed by atoms with van der Waals surface area (Å²) in [7, 11) is 0. The van der Waals surface area contributed by atoms with Crippen molar-refractivity contribution in [1.82, 2.24) is 9.88 Å². The average Bonchev–Trinajstić information content (AvgIpc) is 2.61. The first-order valence-electron chi connectivity index (χ1n) is 6.48. The Balaban J connectivity index is 1.84. The largest absolute Gasteiger partial charge is 0.314 e. The molecular formula is C14H22N2O. The van der Waals surface area contributed by atoms with Crippen LogP contribution in [0.1, 0.15) is 33.1 Å². The lowest BCUT2D eigenvalue weighted by atomic mass is 9.87. The van der Waals surface area contributed by atoms with Gasteiger partial charge < -0.3 is 9.88 Å². The first-order valence-corrected chi connectivity index (χ1v) is 6.48. The number of nitrogens with zero attached hydrogens (tertiary/aromatic N) is 1. The molecule has 1 aromatic rings. The van der Waals surface area contributed by atoms with Gasteiger partial charge in [-0.3, -0.25) is 4.79 Å². The van der Waals surface area contributed by atoms with Gasteiger partial charge in [0.25, 0.3) is 5.56 Å². The van der Waals surface area contributed by atoms with E-state index in [1.165, 1.54) is 19.3 Å². The smallest absolute Gasteiger partial charge is 0.250 e. The van der Waals surface area contributed by atoms with Crippen LogP contribution in [0.3, 0.4) is 0 Å². The van der Waals surface area contributed by atoms with Crippen molar-refractivity contribution < 1.29 is 0 Å². The molecule has 0 saturated heterocycles. The van der Waals surface area contributed by atoms with Crippen molar-refractivity contribution in [2.45, 2.75) is 45.7 Å². The van der Waals surface area contributed by atoms with Gasteiger partial charge in [0.05, 0.1) is 0 Å². The van der Waals surface area contributed by atoms with Gasteiger partial charge in [-0.25, -0.2) is 0 Å². The van der Waals surface area contributed by atoms with E-state index in [0.29, 0.717) is 11.5 Å². The fourth-order valence-corrected chi connectivity index (χ4v) is 2.71. The predicted octanol–water partition coefficient (Wildman–Crippen LogP) is 2.02. The summed E-state index contributed by atoms with van der Waals surface area (Å²) < 4.78 is 1.76. The molecule has 1 heterocycles. The SMILES string of the molecule is CC1(C)CCCC1NCCn1ccccc1=O. The molecule has 2 rings (SSSR count). The standard InChI is InChI=1S/C14H22N2O/c1-14(2)8-5-6-12(14)15-9-11-16-10-4-3-7-13(16)17/h3-4,7,10,12,15H,5-6,8-9,11H2,1-2H3. The highest BCUT2D eigenvalue weighted by atomic mass is 16.1. The van der Waals surface area contributed by atoms with Crippen LogP contribution in [-0.2, 0) is 6.54 Å². The summed E-state index contributed by atoms with van der Waals surface area (Å²) in [4.78, 5) is 11.5. The van der Waals surface area contributed by atoms with Gasteiger partial charge >= 0.3 is 0 Å². The molecule has 0 aromatic carbocycles. The molecule has 0 bridgehead atoms. The minimum atomic E-state index is 0.0833.